The lowest BCUT2D eigenvalue weighted by atomic mass is 10.0. The van der Waals surface area contributed by atoms with Gasteiger partial charge >= 0.3 is 0 Å². The Balaban J connectivity index is 2.80. The number of aryl methyl sites for hydroxylation is 1. The smallest absolute Gasteiger partial charge is 0.242 e. The number of hydrogen-bond acceptors (Lipinski definition) is 3. The van der Waals surface area contributed by atoms with Gasteiger partial charge in [0.25, 0.3) is 0 Å². The van der Waals surface area contributed by atoms with Crippen LogP contribution in [0.5, 0.6) is 0 Å². The first-order valence-electron chi connectivity index (χ1n) is 7.21. The van der Waals surface area contributed by atoms with Gasteiger partial charge in [-0.2, -0.15) is 0 Å². The van der Waals surface area contributed by atoms with Gasteiger partial charge in [0.05, 0.1) is 5.02 Å². The molecule has 0 aromatic heterocycles. The molecule has 1 rings (SSSR count). The predicted octanol–water partition coefficient (Wildman–Crippen LogP) is 3.72. The Morgan fingerprint density at radius 1 is 1.24 bits per heavy atom. The molecule has 1 unspecified atom stereocenters. The van der Waals surface area contributed by atoms with Crippen molar-refractivity contribution in [3.05, 3.63) is 22.7 Å². The van der Waals surface area contributed by atoms with Crippen LogP contribution in [0.3, 0.4) is 0 Å². The molecule has 0 aliphatic carbocycles. The summed E-state index contributed by atoms with van der Waals surface area (Å²) in [4.78, 5) is 0.0444. The molecule has 0 amide bonds. The third-order valence-electron chi connectivity index (χ3n) is 3.39. The van der Waals surface area contributed by atoms with E-state index in [2.05, 4.69) is 18.6 Å². The van der Waals surface area contributed by atoms with Crippen LogP contribution in [0.2, 0.25) is 5.02 Å². The van der Waals surface area contributed by atoms with Gasteiger partial charge in [0.15, 0.2) is 0 Å². The van der Waals surface area contributed by atoms with Crippen LogP contribution in [0.4, 0.5) is 5.69 Å². The molecule has 0 fully saturated rings. The van der Waals surface area contributed by atoms with Crippen molar-refractivity contribution in [2.75, 3.05) is 5.73 Å². The number of nitrogen functional groups attached to an aromatic ring is 1. The lowest BCUT2D eigenvalue weighted by Gasteiger charge is -2.16. The highest BCUT2D eigenvalue weighted by Crippen LogP contribution is 2.27. The maximum Gasteiger partial charge on any atom is 0.242 e. The molecule has 0 radical (unpaired) electrons. The van der Waals surface area contributed by atoms with Crippen molar-refractivity contribution >= 4 is 27.3 Å². The number of halogens is 1. The molecule has 3 N–H and O–H groups in total. The molecule has 0 spiro atoms. The zero-order valence-electron chi connectivity index (χ0n) is 13.1. The van der Waals surface area contributed by atoms with Crippen LogP contribution in [0.1, 0.15) is 45.6 Å². The van der Waals surface area contributed by atoms with Crippen molar-refractivity contribution in [2.45, 2.75) is 57.9 Å². The van der Waals surface area contributed by atoms with Crippen LogP contribution in [0, 0.1) is 12.8 Å². The average Bonchev–Trinajstić information content (AvgIpc) is 2.32. The van der Waals surface area contributed by atoms with E-state index in [4.69, 9.17) is 17.3 Å². The van der Waals surface area contributed by atoms with E-state index in [0.717, 1.165) is 24.8 Å². The van der Waals surface area contributed by atoms with Crippen LogP contribution in [-0.2, 0) is 10.0 Å². The standard InChI is InChI=1S/C15H25ClN2O2S/c1-10(2)6-5-7-12(4)18-21(19,20)15-9-14(17)11(3)8-13(15)16/h8-10,12,18H,5-7,17H2,1-4H3. The van der Waals surface area contributed by atoms with Crippen molar-refractivity contribution < 1.29 is 8.42 Å². The monoisotopic (exact) mass is 332 g/mol. The summed E-state index contributed by atoms with van der Waals surface area (Å²) < 4.78 is 27.4. The molecule has 1 atom stereocenters. The summed E-state index contributed by atoms with van der Waals surface area (Å²) in [6.07, 6.45) is 2.88. The summed E-state index contributed by atoms with van der Waals surface area (Å²) in [6.45, 7) is 7.97. The lowest BCUT2D eigenvalue weighted by molar-refractivity contribution is 0.488. The van der Waals surface area contributed by atoms with Gasteiger partial charge in [0, 0.05) is 11.7 Å². The first-order valence-corrected chi connectivity index (χ1v) is 9.07. The highest BCUT2D eigenvalue weighted by Gasteiger charge is 2.21. The highest BCUT2D eigenvalue weighted by atomic mass is 35.5. The molecule has 0 bridgehead atoms. The molecule has 0 aliphatic rings. The average molecular weight is 333 g/mol. The van der Waals surface area contributed by atoms with Crippen LogP contribution in [0.15, 0.2) is 17.0 Å². The summed E-state index contributed by atoms with van der Waals surface area (Å²) in [5.41, 5.74) is 6.97. The van der Waals surface area contributed by atoms with Crippen molar-refractivity contribution in [3.63, 3.8) is 0 Å². The number of sulfonamides is 1. The Morgan fingerprint density at radius 3 is 2.43 bits per heavy atom. The Morgan fingerprint density at radius 2 is 1.86 bits per heavy atom. The second-order valence-corrected chi connectivity index (χ2v) is 8.08. The van der Waals surface area contributed by atoms with Gasteiger partial charge in [0.2, 0.25) is 10.0 Å². The Kier molecular flexibility index (Phi) is 6.50. The van der Waals surface area contributed by atoms with E-state index in [-0.39, 0.29) is 16.0 Å². The van der Waals surface area contributed by atoms with E-state index in [0.29, 0.717) is 11.6 Å². The topological polar surface area (TPSA) is 72.2 Å². The third kappa shape index (κ3) is 5.49. The van der Waals surface area contributed by atoms with Gasteiger partial charge in [-0.25, -0.2) is 13.1 Å². The molecular formula is C15H25ClN2O2S. The van der Waals surface area contributed by atoms with E-state index in [1.165, 1.54) is 6.07 Å². The van der Waals surface area contributed by atoms with Gasteiger partial charge in [-0.1, -0.05) is 38.3 Å². The third-order valence-corrected chi connectivity index (χ3v) is 5.44. The Bertz CT molecular complexity index is 586. The van der Waals surface area contributed by atoms with Crippen molar-refractivity contribution in [1.29, 1.82) is 0 Å². The van der Waals surface area contributed by atoms with Crippen molar-refractivity contribution in [3.8, 4) is 0 Å². The van der Waals surface area contributed by atoms with Crippen molar-refractivity contribution in [2.24, 2.45) is 5.92 Å². The maximum atomic E-state index is 12.4. The fourth-order valence-electron chi connectivity index (χ4n) is 2.09. The van der Waals surface area contributed by atoms with Gasteiger partial charge in [-0.05, 0) is 43.9 Å². The maximum absolute atomic E-state index is 12.4. The van der Waals surface area contributed by atoms with Gasteiger partial charge < -0.3 is 5.73 Å². The van der Waals surface area contributed by atoms with E-state index in [9.17, 15) is 8.42 Å². The molecule has 0 aliphatic heterocycles. The minimum atomic E-state index is -3.64. The molecule has 1 aromatic rings. The molecule has 0 saturated carbocycles. The quantitative estimate of drug-likeness (QED) is 0.747. The molecular weight excluding hydrogens is 308 g/mol. The largest absolute Gasteiger partial charge is 0.398 e. The molecule has 0 saturated heterocycles. The summed E-state index contributed by atoms with van der Waals surface area (Å²) in [7, 11) is -3.64. The fourth-order valence-corrected chi connectivity index (χ4v) is 3.99. The molecule has 21 heavy (non-hydrogen) atoms. The van der Waals surface area contributed by atoms with Gasteiger partial charge in [-0.3, -0.25) is 0 Å². The molecule has 4 nitrogen and oxygen atoms in total. The number of benzene rings is 1. The van der Waals surface area contributed by atoms with Gasteiger partial charge in [-0.15, -0.1) is 0 Å². The summed E-state index contributed by atoms with van der Waals surface area (Å²) in [6, 6.07) is 2.86. The zero-order valence-corrected chi connectivity index (χ0v) is 14.7. The summed E-state index contributed by atoms with van der Waals surface area (Å²) >= 11 is 6.04. The predicted molar refractivity (Wildman–Crippen MR) is 89.1 cm³/mol. The summed E-state index contributed by atoms with van der Waals surface area (Å²) in [5.74, 6) is 0.625. The van der Waals surface area contributed by atoms with Crippen LogP contribution in [0.25, 0.3) is 0 Å². The normalized spacial score (nSPS) is 13.6. The second-order valence-electron chi connectivity index (χ2n) is 5.99. The number of hydrogen-bond donors (Lipinski definition) is 2. The van der Waals surface area contributed by atoms with Crippen LogP contribution >= 0.6 is 11.6 Å². The molecule has 1 aromatic carbocycles. The van der Waals surface area contributed by atoms with Gasteiger partial charge in [0.1, 0.15) is 4.90 Å². The lowest BCUT2D eigenvalue weighted by Crippen LogP contribution is -2.32. The zero-order chi connectivity index (χ0) is 16.2. The van der Waals surface area contributed by atoms with E-state index in [1.807, 2.05) is 6.92 Å². The van der Waals surface area contributed by atoms with Crippen LogP contribution in [-0.4, -0.2) is 14.5 Å². The first kappa shape index (κ1) is 18.3. The summed E-state index contributed by atoms with van der Waals surface area (Å²) in [5, 5.41) is 0.198. The fraction of sp³-hybridized carbons (Fsp3) is 0.600. The minimum Gasteiger partial charge on any atom is -0.398 e. The highest BCUT2D eigenvalue weighted by molar-refractivity contribution is 7.89. The van der Waals surface area contributed by atoms with Crippen LogP contribution < -0.4 is 10.5 Å². The molecule has 6 heteroatoms. The van der Waals surface area contributed by atoms with E-state index < -0.39 is 10.0 Å². The minimum absolute atomic E-state index is 0.0444. The number of nitrogens with one attached hydrogen (secondary N) is 1. The van der Waals surface area contributed by atoms with E-state index in [1.54, 1.807) is 13.0 Å². The molecule has 0 heterocycles. The number of rotatable bonds is 7. The number of anilines is 1. The number of nitrogens with two attached hydrogens (primary N) is 1. The Labute approximate surface area is 133 Å². The Hall–Kier alpha value is -0.780. The van der Waals surface area contributed by atoms with Crippen molar-refractivity contribution in [1.82, 2.24) is 4.72 Å². The van der Waals surface area contributed by atoms with E-state index >= 15 is 0 Å². The second kappa shape index (κ2) is 7.47. The molecule has 120 valence electrons. The first-order chi connectivity index (χ1) is 9.63. The SMILES string of the molecule is Cc1cc(Cl)c(S(=O)(=O)NC(C)CCCC(C)C)cc1N.